The summed E-state index contributed by atoms with van der Waals surface area (Å²) in [6, 6.07) is 1.72. The van der Waals surface area contributed by atoms with Gasteiger partial charge in [0, 0.05) is 18.0 Å². The molecule has 1 aliphatic rings. The molecule has 0 unspecified atom stereocenters. The van der Waals surface area contributed by atoms with Crippen LogP contribution in [0.25, 0.3) is 0 Å². The van der Waals surface area contributed by atoms with Crippen LogP contribution in [0.1, 0.15) is 35.2 Å². The quantitative estimate of drug-likeness (QED) is 0.851. The molecule has 1 aromatic carbocycles. The van der Waals surface area contributed by atoms with Crippen molar-refractivity contribution >= 4 is 5.97 Å². The molecule has 0 radical (unpaired) electrons. The Morgan fingerprint density at radius 3 is 2.41 bits per heavy atom. The molecular formula is C12H13F2NO2. The minimum Gasteiger partial charge on any atom is -0.478 e. The molecule has 92 valence electrons. The van der Waals surface area contributed by atoms with Crippen molar-refractivity contribution in [3.8, 4) is 0 Å². The van der Waals surface area contributed by atoms with Gasteiger partial charge in [-0.15, -0.1) is 0 Å². The van der Waals surface area contributed by atoms with Crippen LogP contribution in [0.5, 0.6) is 0 Å². The lowest BCUT2D eigenvalue weighted by Gasteiger charge is -2.41. The van der Waals surface area contributed by atoms with Gasteiger partial charge >= 0.3 is 5.97 Å². The lowest BCUT2D eigenvalue weighted by Crippen LogP contribution is -2.42. The van der Waals surface area contributed by atoms with Crippen molar-refractivity contribution in [3.63, 3.8) is 0 Å². The second-order valence-corrected chi connectivity index (χ2v) is 4.46. The Bertz CT molecular complexity index is 464. The fourth-order valence-electron chi connectivity index (χ4n) is 2.31. The summed E-state index contributed by atoms with van der Waals surface area (Å²) in [6.07, 6.45) is 2.35. The van der Waals surface area contributed by atoms with Gasteiger partial charge in [0.15, 0.2) is 0 Å². The number of carboxylic acids is 1. The molecule has 1 aliphatic carbocycles. The standard InChI is InChI=1S/C12H13F2NO2/c13-9-5-10(14)8(4-7(9)11(16)17)12(6-15)2-1-3-12/h4-5H,1-3,6,15H2,(H,16,17). The monoisotopic (exact) mass is 241 g/mol. The van der Waals surface area contributed by atoms with Gasteiger partial charge in [0.2, 0.25) is 0 Å². The zero-order valence-corrected chi connectivity index (χ0v) is 9.17. The van der Waals surface area contributed by atoms with Crippen molar-refractivity contribution in [3.05, 3.63) is 34.9 Å². The molecule has 0 atom stereocenters. The summed E-state index contributed by atoms with van der Waals surface area (Å²) >= 11 is 0. The van der Waals surface area contributed by atoms with Gasteiger partial charge in [0.1, 0.15) is 11.6 Å². The van der Waals surface area contributed by atoms with Gasteiger partial charge in [-0.05, 0) is 24.5 Å². The van der Waals surface area contributed by atoms with Crippen LogP contribution in [-0.4, -0.2) is 17.6 Å². The van der Waals surface area contributed by atoms with Crippen molar-refractivity contribution in [2.75, 3.05) is 6.54 Å². The number of hydrogen-bond acceptors (Lipinski definition) is 2. The molecule has 0 spiro atoms. The first-order valence-electron chi connectivity index (χ1n) is 5.43. The van der Waals surface area contributed by atoms with Crippen molar-refractivity contribution in [1.82, 2.24) is 0 Å². The molecule has 2 rings (SSSR count). The smallest absolute Gasteiger partial charge is 0.338 e. The van der Waals surface area contributed by atoms with Crippen LogP contribution in [0.15, 0.2) is 12.1 Å². The van der Waals surface area contributed by atoms with Crippen LogP contribution in [0, 0.1) is 11.6 Å². The molecular weight excluding hydrogens is 228 g/mol. The van der Waals surface area contributed by atoms with Gasteiger partial charge in [-0.25, -0.2) is 13.6 Å². The summed E-state index contributed by atoms with van der Waals surface area (Å²) in [7, 11) is 0. The van der Waals surface area contributed by atoms with Gasteiger partial charge in [-0.2, -0.15) is 0 Å². The first kappa shape index (κ1) is 12.0. The van der Waals surface area contributed by atoms with E-state index in [9.17, 15) is 13.6 Å². The zero-order valence-electron chi connectivity index (χ0n) is 9.17. The second kappa shape index (κ2) is 4.07. The van der Waals surface area contributed by atoms with E-state index in [2.05, 4.69) is 0 Å². The van der Waals surface area contributed by atoms with Gasteiger partial charge in [0.25, 0.3) is 0 Å². The van der Waals surface area contributed by atoms with Gasteiger partial charge in [-0.1, -0.05) is 6.42 Å². The van der Waals surface area contributed by atoms with Crippen molar-refractivity contribution < 1.29 is 18.7 Å². The summed E-state index contributed by atoms with van der Waals surface area (Å²) in [5.41, 5.74) is 4.84. The van der Waals surface area contributed by atoms with Crippen LogP contribution >= 0.6 is 0 Å². The zero-order chi connectivity index (χ0) is 12.6. The molecule has 0 aliphatic heterocycles. The number of hydrogen-bond donors (Lipinski definition) is 2. The number of nitrogens with two attached hydrogens (primary N) is 1. The molecule has 0 amide bonds. The molecule has 3 nitrogen and oxygen atoms in total. The number of rotatable bonds is 3. The van der Waals surface area contributed by atoms with Gasteiger partial charge in [-0.3, -0.25) is 0 Å². The molecule has 1 fully saturated rings. The predicted octanol–water partition coefficient (Wildman–Crippen LogP) is 2.04. The highest BCUT2D eigenvalue weighted by Gasteiger charge is 2.40. The van der Waals surface area contributed by atoms with E-state index in [0.29, 0.717) is 18.9 Å². The van der Waals surface area contributed by atoms with Crippen molar-refractivity contribution in [1.29, 1.82) is 0 Å². The van der Waals surface area contributed by atoms with Crippen LogP contribution in [0.2, 0.25) is 0 Å². The Morgan fingerprint density at radius 1 is 1.35 bits per heavy atom. The minimum absolute atomic E-state index is 0.227. The van der Waals surface area contributed by atoms with Crippen molar-refractivity contribution in [2.24, 2.45) is 5.73 Å². The Labute approximate surface area is 97.2 Å². The molecule has 5 heteroatoms. The maximum atomic E-state index is 13.7. The van der Waals surface area contributed by atoms with E-state index >= 15 is 0 Å². The third kappa shape index (κ3) is 1.80. The van der Waals surface area contributed by atoms with E-state index in [0.717, 1.165) is 12.5 Å². The SMILES string of the molecule is NCC1(c2cc(C(=O)O)c(F)cc2F)CCC1. The summed E-state index contributed by atoms with van der Waals surface area (Å²) in [6.45, 7) is 0.245. The number of halogens is 2. The molecule has 1 aromatic rings. The molecule has 17 heavy (non-hydrogen) atoms. The Kier molecular flexibility index (Phi) is 2.87. The van der Waals surface area contributed by atoms with E-state index in [1.54, 1.807) is 0 Å². The average Bonchev–Trinajstić information content (AvgIpc) is 2.19. The topological polar surface area (TPSA) is 63.3 Å². The van der Waals surface area contributed by atoms with Gasteiger partial charge < -0.3 is 10.8 Å². The number of aromatic carboxylic acids is 1. The Hall–Kier alpha value is -1.49. The maximum Gasteiger partial charge on any atom is 0.338 e. The lowest BCUT2D eigenvalue weighted by atomic mass is 9.64. The molecule has 0 saturated heterocycles. The highest BCUT2D eigenvalue weighted by Crippen LogP contribution is 2.44. The molecule has 1 saturated carbocycles. The first-order valence-corrected chi connectivity index (χ1v) is 5.43. The third-order valence-electron chi connectivity index (χ3n) is 3.56. The normalized spacial score (nSPS) is 17.6. The predicted molar refractivity (Wildman–Crippen MR) is 57.9 cm³/mol. The number of carboxylic acid groups (broad SMARTS) is 1. The lowest BCUT2D eigenvalue weighted by molar-refractivity contribution is 0.0691. The van der Waals surface area contributed by atoms with Crippen LogP contribution in [0.3, 0.4) is 0 Å². The van der Waals surface area contributed by atoms with E-state index in [4.69, 9.17) is 10.8 Å². The summed E-state index contributed by atoms with van der Waals surface area (Å²) in [5, 5.41) is 8.82. The fourth-order valence-corrected chi connectivity index (χ4v) is 2.31. The van der Waals surface area contributed by atoms with Gasteiger partial charge in [0.05, 0.1) is 5.56 Å². The highest BCUT2D eigenvalue weighted by atomic mass is 19.1. The Morgan fingerprint density at radius 2 is 2.00 bits per heavy atom. The molecule has 3 N–H and O–H groups in total. The summed E-state index contributed by atoms with van der Waals surface area (Å²) in [4.78, 5) is 10.8. The second-order valence-electron chi connectivity index (χ2n) is 4.46. The van der Waals surface area contributed by atoms with Crippen molar-refractivity contribution in [2.45, 2.75) is 24.7 Å². The van der Waals surface area contributed by atoms with Crippen LogP contribution in [-0.2, 0) is 5.41 Å². The van der Waals surface area contributed by atoms with Crippen LogP contribution in [0.4, 0.5) is 8.78 Å². The number of benzene rings is 1. The van der Waals surface area contributed by atoms with E-state index < -0.39 is 28.6 Å². The first-order chi connectivity index (χ1) is 8.00. The highest BCUT2D eigenvalue weighted by molar-refractivity contribution is 5.88. The van der Waals surface area contributed by atoms with E-state index in [1.807, 2.05) is 0 Å². The average molecular weight is 241 g/mol. The molecule has 0 aromatic heterocycles. The minimum atomic E-state index is -1.39. The summed E-state index contributed by atoms with van der Waals surface area (Å²) < 4.78 is 27.0. The maximum absolute atomic E-state index is 13.7. The van der Waals surface area contributed by atoms with E-state index in [-0.39, 0.29) is 12.1 Å². The molecule has 0 heterocycles. The Balaban J connectivity index is 2.54. The number of carbonyl (C=O) groups is 1. The summed E-state index contributed by atoms with van der Waals surface area (Å²) in [5.74, 6) is -3.15. The molecule has 0 bridgehead atoms. The largest absolute Gasteiger partial charge is 0.478 e. The van der Waals surface area contributed by atoms with E-state index in [1.165, 1.54) is 0 Å². The van der Waals surface area contributed by atoms with Crippen LogP contribution < -0.4 is 5.73 Å². The third-order valence-corrected chi connectivity index (χ3v) is 3.56. The fraction of sp³-hybridized carbons (Fsp3) is 0.417.